The Bertz CT molecular complexity index is 783. The number of aryl methyl sites for hydroxylation is 2. The van der Waals surface area contributed by atoms with Crippen LogP contribution in [0.15, 0.2) is 40.9 Å². The Hall–Kier alpha value is -2.14. The molecule has 0 aliphatic heterocycles. The van der Waals surface area contributed by atoms with Crippen LogP contribution in [0.1, 0.15) is 45.7 Å². The van der Waals surface area contributed by atoms with Crippen LogP contribution in [-0.2, 0) is 17.6 Å². The molecule has 4 nitrogen and oxygen atoms in total. The van der Waals surface area contributed by atoms with Crippen molar-refractivity contribution >= 4 is 27.7 Å². The first-order valence-electron chi connectivity index (χ1n) is 8.15. The summed E-state index contributed by atoms with van der Waals surface area (Å²) in [5, 5.41) is 0. The molecule has 25 heavy (non-hydrogen) atoms. The Morgan fingerprint density at radius 1 is 1.04 bits per heavy atom. The van der Waals surface area contributed by atoms with E-state index >= 15 is 0 Å². The van der Waals surface area contributed by atoms with Gasteiger partial charge in [0.2, 0.25) is 5.78 Å². The highest BCUT2D eigenvalue weighted by Crippen LogP contribution is 2.25. The number of ketones is 1. The Labute approximate surface area is 156 Å². The fourth-order valence-electron chi connectivity index (χ4n) is 2.50. The molecular formula is C20H21BrO4. The molecule has 0 saturated carbocycles. The second kappa shape index (κ2) is 8.81. The van der Waals surface area contributed by atoms with Crippen LogP contribution in [0.4, 0.5) is 0 Å². The van der Waals surface area contributed by atoms with Crippen LogP contribution >= 0.6 is 15.9 Å². The molecule has 0 aliphatic carbocycles. The highest BCUT2D eigenvalue weighted by Gasteiger charge is 2.16. The lowest BCUT2D eigenvalue weighted by molar-refractivity contribution is 0.0474. The molecule has 0 atom stereocenters. The van der Waals surface area contributed by atoms with Crippen molar-refractivity contribution < 1.29 is 19.1 Å². The van der Waals surface area contributed by atoms with Gasteiger partial charge in [-0.1, -0.05) is 26.0 Å². The topological polar surface area (TPSA) is 52.6 Å². The number of ether oxygens (including phenoxy) is 2. The Kier molecular flexibility index (Phi) is 6.76. The molecule has 0 bridgehead atoms. The number of benzene rings is 2. The Morgan fingerprint density at radius 2 is 1.80 bits per heavy atom. The van der Waals surface area contributed by atoms with Crippen molar-refractivity contribution in [2.75, 3.05) is 13.7 Å². The zero-order valence-corrected chi connectivity index (χ0v) is 16.2. The minimum atomic E-state index is -0.540. The molecule has 0 spiro atoms. The van der Waals surface area contributed by atoms with Gasteiger partial charge in [-0.3, -0.25) is 4.79 Å². The van der Waals surface area contributed by atoms with Gasteiger partial charge in [0.1, 0.15) is 5.75 Å². The molecule has 2 rings (SSSR count). The summed E-state index contributed by atoms with van der Waals surface area (Å²) in [6.45, 7) is 3.76. The molecule has 0 heterocycles. The largest absolute Gasteiger partial charge is 0.496 e. The third kappa shape index (κ3) is 4.69. The third-order valence-corrected chi connectivity index (χ3v) is 4.61. The van der Waals surface area contributed by atoms with Crippen LogP contribution in [0, 0.1) is 0 Å². The maximum atomic E-state index is 12.5. The van der Waals surface area contributed by atoms with Gasteiger partial charge in [0, 0.05) is 5.56 Å². The molecule has 0 radical (unpaired) electrons. The van der Waals surface area contributed by atoms with E-state index in [1.54, 1.807) is 25.3 Å². The van der Waals surface area contributed by atoms with Crippen molar-refractivity contribution in [2.24, 2.45) is 0 Å². The average Bonchev–Trinajstić information content (AvgIpc) is 2.65. The van der Waals surface area contributed by atoms with E-state index in [4.69, 9.17) is 9.47 Å². The van der Waals surface area contributed by atoms with Gasteiger partial charge in [0.05, 0.1) is 17.1 Å². The molecular weight excluding hydrogens is 384 g/mol. The highest BCUT2D eigenvalue weighted by atomic mass is 79.9. The number of esters is 1. The molecule has 5 heteroatoms. The summed E-state index contributed by atoms with van der Waals surface area (Å²) in [5.74, 6) is -0.105. The first-order valence-corrected chi connectivity index (χ1v) is 8.95. The normalized spacial score (nSPS) is 10.4. The number of halogens is 1. The summed E-state index contributed by atoms with van der Waals surface area (Å²) in [6, 6.07) is 10.8. The van der Waals surface area contributed by atoms with Crippen molar-refractivity contribution in [1.29, 1.82) is 0 Å². The third-order valence-electron chi connectivity index (χ3n) is 3.99. The highest BCUT2D eigenvalue weighted by molar-refractivity contribution is 9.10. The maximum Gasteiger partial charge on any atom is 0.338 e. The number of hydrogen-bond acceptors (Lipinski definition) is 4. The molecule has 0 aromatic heterocycles. The van der Waals surface area contributed by atoms with Crippen LogP contribution in [0.3, 0.4) is 0 Å². The van der Waals surface area contributed by atoms with Gasteiger partial charge >= 0.3 is 5.97 Å². The van der Waals surface area contributed by atoms with E-state index in [9.17, 15) is 9.59 Å². The lowest BCUT2D eigenvalue weighted by Crippen LogP contribution is -2.16. The monoisotopic (exact) mass is 404 g/mol. The van der Waals surface area contributed by atoms with Crippen LogP contribution in [0.5, 0.6) is 5.75 Å². The van der Waals surface area contributed by atoms with E-state index in [1.165, 1.54) is 0 Å². The van der Waals surface area contributed by atoms with E-state index in [0.717, 1.165) is 24.0 Å². The standard InChI is InChI=1S/C20H21BrO4/c1-4-13-6-7-14(5-2)16(10-13)18(22)12-25-20(23)15-8-9-19(24-3)17(21)11-15/h6-11H,4-5,12H2,1-3H3. The molecule has 0 amide bonds. The summed E-state index contributed by atoms with van der Waals surface area (Å²) in [6.07, 6.45) is 1.61. The van der Waals surface area contributed by atoms with Crippen molar-refractivity contribution in [3.05, 3.63) is 63.1 Å². The van der Waals surface area contributed by atoms with Gasteiger partial charge in [-0.05, 0) is 64.2 Å². The minimum Gasteiger partial charge on any atom is -0.496 e. The van der Waals surface area contributed by atoms with E-state index < -0.39 is 5.97 Å². The average molecular weight is 405 g/mol. The first-order chi connectivity index (χ1) is 12.0. The Morgan fingerprint density at radius 3 is 2.40 bits per heavy atom. The summed E-state index contributed by atoms with van der Waals surface area (Å²) < 4.78 is 11.0. The maximum absolute atomic E-state index is 12.5. The summed E-state index contributed by atoms with van der Waals surface area (Å²) in [7, 11) is 1.55. The lowest BCUT2D eigenvalue weighted by atomic mass is 9.98. The van der Waals surface area contributed by atoms with E-state index in [0.29, 0.717) is 21.3 Å². The fourth-order valence-corrected chi connectivity index (χ4v) is 3.04. The van der Waals surface area contributed by atoms with Gasteiger partial charge in [0.25, 0.3) is 0 Å². The predicted octanol–water partition coefficient (Wildman–Crippen LogP) is 4.62. The minimum absolute atomic E-state index is 0.187. The molecule has 132 valence electrons. The zero-order valence-electron chi connectivity index (χ0n) is 14.6. The Balaban J connectivity index is 2.09. The molecule has 0 saturated heterocycles. The SMILES string of the molecule is CCc1ccc(CC)c(C(=O)COC(=O)c2ccc(OC)c(Br)c2)c1. The zero-order chi connectivity index (χ0) is 18.4. The van der Waals surface area contributed by atoms with Gasteiger partial charge in [-0.15, -0.1) is 0 Å². The molecule has 0 aliphatic rings. The number of hydrogen-bond donors (Lipinski definition) is 0. The quantitative estimate of drug-likeness (QED) is 0.498. The molecule has 0 fully saturated rings. The van der Waals surface area contributed by atoms with Crippen molar-refractivity contribution in [3.63, 3.8) is 0 Å². The van der Waals surface area contributed by atoms with Gasteiger partial charge in [0.15, 0.2) is 6.61 Å². The van der Waals surface area contributed by atoms with Gasteiger partial charge in [-0.25, -0.2) is 4.79 Å². The van der Waals surface area contributed by atoms with E-state index in [2.05, 4.69) is 15.9 Å². The second-order valence-electron chi connectivity index (χ2n) is 5.55. The van der Waals surface area contributed by atoms with E-state index in [1.807, 2.05) is 32.0 Å². The number of Topliss-reactive ketones (excluding diaryl/α,β-unsaturated/α-hetero) is 1. The number of methoxy groups -OCH3 is 1. The van der Waals surface area contributed by atoms with Crippen molar-refractivity contribution in [2.45, 2.75) is 26.7 Å². The summed E-state index contributed by atoms with van der Waals surface area (Å²) >= 11 is 3.33. The van der Waals surface area contributed by atoms with Crippen LogP contribution in [0.2, 0.25) is 0 Å². The fraction of sp³-hybridized carbons (Fsp3) is 0.300. The van der Waals surface area contributed by atoms with Crippen molar-refractivity contribution in [3.8, 4) is 5.75 Å². The number of rotatable bonds is 7. The van der Waals surface area contributed by atoms with Crippen LogP contribution < -0.4 is 4.74 Å². The molecule has 2 aromatic carbocycles. The van der Waals surface area contributed by atoms with E-state index in [-0.39, 0.29) is 12.4 Å². The van der Waals surface area contributed by atoms with Crippen LogP contribution in [-0.4, -0.2) is 25.5 Å². The second-order valence-corrected chi connectivity index (χ2v) is 6.40. The predicted molar refractivity (Wildman–Crippen MR) is 101 cm³/mol. The molecule has 0 N–H and O–H groups in total. The smallest absolute Gasteiger partial charge is 0.338 e. The number of carbonyl (C=O) groups excluding carboxylic acids is 2. The van der Waals surface area contributed by atoms with Crippen LogP contribution in [0.25, 0.3) is 0 Å². The summed E-state index contributed by atoms with van der Waals surface area (Å²) in [4.78, 5) is 24.7. The first kappa shape index (κ1) is 19.2. The van der Waals surface area contributed by atoms with Crippen molar-refractivity contribution in [1.82, 2.24) is 0 Å². The molecule has 0 unspecified atom stereocenters. The number of carbonyl (C=O) groups is 2. The summed E-state index contributed by atoms with van der Waals surface area (Å²) in [5.41, 5.74) is 3.04. The lowest BCUT2D eigenvalue weighted by Gasteiger charge is -2.10. The van der Waals surface area contributed by atoms with Gasteiger partial charge < -0.3 is 9.47 Å². The van der Waals surface area contributed by atoms with Gasteiger partial charge in [-0.2, -0.15) is 0 Å². The molecule has 2 aromatic rings.